The molecule has 6 heteroatoms. The molecule has 2 rings (SSSR count). The highest BCUT2D eigenvalue weighted by molar-refractivity contribution is 5.67. The van der Waals surface area contributed by atoms with Crippen molar-refractivity contribution in [1.29, 1.82) is 0 Å². The monoisotopic (exact) mass is 259 g/mol. The van der Waals surface area contributed by atoms with Crippen molar-refractivity contribution in [1.82, 2.24) is 9.55 Å². The summed E-state index contributed by atoms with van der Waals surface area (Å²) >= 11 is 0. The van der Waals surface area contributed by atoms with Crippen LogP contribution in [0.25, 0.3) is 12.2 Å². The maximum atomic E-state index is 10.8. The highest BCUT2D eigenvalue weighted by Crippen LogP contribution is 2.16. The number of aromatic nitrogens is 2. The second-order valence-corrected chi connectivity index (χ2v) is 3.85. The second kappa shape index (κ2) is 5.92. The summed E-state index contributed by atoms with van der Waals surface area (Å²) in [5.74, 6) is 0.325. The zero-order valence-corrected chi connectivity index (χ0v) is 10.1. The second-order valence-electron chi connectivity index (χ2n) is 3.85. The topological polar surface area (TPSA) is 81.2 Å². The number of aliphatic hydroxyl groups excluding tert-OH is 1. The molecule has 0 atom stereocenters. The first-order valence-corrected chi connectivity index (χ1v) is 5.76. The van der Waals surface area contributed by atoms with Crippen LogP contribution in [0.15, 0.2) is 36.5 Å². The molecule has 2 aromatic rings. The lowest BCUT2D eigenvalue weighted by molar-refractivity contribution is -0.392. The Morgan fingerprint density at radius 1 is 1.32 bits per heavy atom. The smallest absolute Gasteiger partial charge is 0.343 e. The largest absolute Gasteiger partial charge is 0.392 e. The molecule has 0 aliphatic rings. The quantitative estimate of drug-likeness (QED) is 0.657. The number of rotatable bonds is 5. The third-order valence-electron chi connectivity index (χ3n) is 2.60. The van der Waals surface area contributed by atoms with Crippen molar-refractivity contribution in [2.45, 2.75) is 6.54 Å². The SMILES string of the molecule is O=[N+]([O-])c1cnc(/C=C\c2ccccc2)n1CCO. The van der Waals surface area contributed by atoms with Crippen molar-refractivity contribution in [2.24, 2.45) is 0 Å². The average molecular weight is 259 g/mol. The Hall–Kier alpha value is -2.47. The summed E-state index contributed by atoms with van der Waals surface area (Å²) in [5, 5.41) is 19.8. The van der Waals surface area contributed by atoms with Gasteiger partial charge in [-0.15, -0.1) is 0 Å². The molecule has 1 heterocycles. The van der Waals surface area contributed by atoms with Crippen LogP contribution in [0.1, 0.15) is 11.4 Å². The van der Waals surface area contributed by atoms with Gasteiger partial charge in [0.2, 0.25) is 5.82 Å². The maximum absolute atomic E-state index is 10.8. The molecule has 0 unspecified atom stereocenters. The van der Waals surface area contributed by atoms with E-state index in [2.05, 4.69) is 4.98 Å². The number of imidazole rings is 1. The Balaban J connectivity index is 2.30. The average Bonchev–Trinajstić information content (AvgIpc) is 2.81. The van der Waals surface area contributed by atoms with Gasteiger partial charge in [-0.25, -0.2) is 9.55 Å². The fourth-order valence-electron chi connectivity index (χ4n) is 1.72. The van der Waals surface area contributed by atoms with Crippen LogP contribution in [0.4, 0.5) is 5.82 Å². The molecule has 0 fully saturated rings. The molecule has 0 saturated heterocycles. The van der Waals surface area contributed by atoms with Gasteiger partial charge >= 0.3 is 5.82 Å². The standard InChI is InChI=1S/C13H13N3O3/c17-9-8-15-12(14-10-13(15)16(18)19)7-6-11-4-2-1-3-5-11/h1-7,10,17H,8-9H2/b7-6-. The minimum absolute atomic E-state index is 0.123. The van der Waals surface area contributed by atoms with Crippen LogP contribution in [0, 0.1) is 10.1 Å². The van der Waals surface area contributed by atoms with Crippen LogP contribution < -0.4 is 0 Å². The lowest BCUT2D eigenvalue weighted by Gasteiger charge is -2.00. The number of nitro groups is 1. The Labute approximate surface area is 109 Å². The summed E-state index contributed by atoms with van der Waals surface area (Å²) in [6, 6.07) is 9.56. The third-order valence-corrected chi connectivity index (χ3v) is 2.60. The summed E-state index contributed by atoms with van der Waals surface area (Å²) in [7, 11) is 0. The van der Waals surface area contributed by atoms with Gasteiger partial charge in [-0.3, -0.25) is 0 Å². The van der Waals surface area contributed by atoms with E-state index in [1.54, 1.807) is 6.08 Å². The molecule has 1 N–H and O–H groups in total. The van der Waals surface area contributed by atoms with E-state index in [-0.39, 0.29) is 19.0 Å². The first kappa shape index (κ1) is 13.0. The number of aliphatic hydroxyl groups is 1. The molecule has 0 amide bonds. The highest BCUT2D eigenvalue weighted by Gasteiger charge is 2.17. The third kappa shape index (κ3) is 3.05. The molecule has 0 aliphatic heterocycles. The summed E-state index contributed by atoms with van der Waals surface area (Å²) in [5.41, 5.74) is 0.976. The molecule has 0 radical (unpaired) electrons. The minimum Gasteiger partial charge on any atom is -0.392 e. The molecule has 0 saturated carbocycles. The van der Waals surface area contributed by atoms with Gasteiger partial charge in [0, 0.05) is 6.08 Å². The van der Waals surface area contributed by atoms with Gasteiger partial charge in [0.05, 0.1) is 6.61 Å². The number of hydrogen-bond acceptors (Lipinski definition) is 4. The normalized spacial score (nSPS) is 11.0. The summed E-state index contributed by atoms with van der Waals surface area (Å²) in [4.78, 5) is 14.3. The lowest BCUT2D eigenvalue weighted by atomic mass is 10.2. The Morgan fingerprint density at radius 2 is 2.05 bits per heavy atom. The Kier molecular flexibility index (Phi) is 4.04. The predicted molar refractivity (Wildman–Crippen MR) is 71.3 cm³/mol. The molecule has 1 aromatic carbocycles. The maximum Gasteiger partial charge on any atom is 0.343 e. The van der Waals surface area contributed by atoms with Crippen molar-refractivity contribution >= 4 is 18.0 Å². The van der Waals surface area contributed by atoms with E-state index in [4.69, 9.17) is 5.11 Å². The van der Waals surface area contributed by atoms with E-state index < -0.39 is 4.92 Å². The van der Waals surface area contributed by atoms with E-state index in [0.29, 0.717) is 5.82 Å². The summed E-state index contributed by atoms with van der Waals surface area (Å²) in [6.45, 7) is -0.0336. The van der Waals surface area contributed by atoms with Crippen molar-refractivity contribution in [2.75, 3.05) is 6.61 Å². The van der Waals surface area contributed by atoms with E-state index in [1.165, 1.54) is 10.8 Å². The fraction of sp³-hybridized carbons (Fsp3) is 0.154. The zero-order chi connectivity index (χ0) is 13.7. The number of nitrogens with zero attached hydrogens (tertiary/aromatic N) is 3. The van der Waals surface area contributed by atoms with E-state index >= 15 is 0 Å². The molecule has 0 spiro atoms. The molecule has 19 heavy (non-hydrogen) atoms. The van der Waals surface area contributed by atoms with Gasteiger partial charge in [-0.2, -0.15) is 0 Å². The number of benzene rings is 1. The van der Waals surface area contributed by atoms with Crippen LogP contribution in [0.2, 0.25) is 0 Å². The van der Waals surface area contributed by atoms with Gasteiger partial charge in [-0.1, -0.05) is 30.3 Å². The van der Waals surface area contributed by atoms with Gasteiger partial charge in [0.1, 0.15) is 12.7 Å². The first-order chi connectivity index (χ1) is 9.22. The summed E-state index contributed by atoms with van der Waals surface area (Å²) in [6.07, 6.45) is 4.71. The van der Waals surface area contributed by atoms with Crippen LogP contribution in [0.5, 0.6) is 0 Å². The van der Waals surface area contributed by atoms with Crippen LogP contribution in [-0.4, -0.2) is 26.2 Å². The first-order valence-electron chi connectivity index (χ1n) is 5.76. The Bertz CT molecular complexity index is 590. The van der Waals surface area contributed by atoms with Gasteiger partial charge in [0.25, 0.3) is 0 Å². The molecule has 0 bridgehead atoms. The van der Waals surface area contributed by atoms with E-state index in [0.717, 1.165) is 5.56 Å². The van der Waals surface area contributed by atoms with E-state index in [1.807, 2.05) is 36.4 Å². The van der Waals surface area contributed by atoms with Crippen LogP contribution in [0.3, 0.4) is 0 Å². The molecular weight excluding hydrogens is 246 g/mol. The van der Waals surface area contributed by atoms with Crippen LogP contribution in [-0.2, 0) is 6.54 Å². The fourth-order valence-corrected chi connectivity index (χ4v) is 1.72. The van der Waals surface area contributed by atoms with Gasteiger partial charge < -0.3 is 15.2 Å². The van der Waals surface area contributed by atoms with E-state index in [9.17, 15) is 10.1 Å². The zero-order valence-electron chi connectivity index (χ0n) is 10.1. The molecule has 6 nitrogen and oxygen atoms in total. The summed E-state index contributed by atoms with van der Waals surface area (Å²) < 4.78 is 1.37. The van der Waals surface area contributed by atoms with Crippen LogP contribution >= 0.6 is 0 Å². The predicted octanol–water partition coefficient (Wildman–Crippen LogP) is 1.95. The van der Waals surface area contributed by atoms with Crippen molar-refractivity contribution in [3.63, 3.8) is 0 Å². The minimum atomic E-state index is -0.511. The Morgan fingerprint density at radius 3 is 2.68 bits per heavy atom. The molecular formula is C13H13N3O3. The lowest BCUT2D eigenvalue weighted by Crippen LogP contribution is -2.07. The molecule has 0 aliphatic carbocycles. The van der Waals surface area contributed by atoms with Crippen molar-refractivity contribution in [3.05, 3.63) is 58.0 Å². The highest BCUT2D eigenvalue weighted by atomic mass is 16.6. The van der Waals surface area contributed by atoms with Crippen molar-refractivity contribution in [3.8, 4) is 0 Å². The molecule has 98 valence electrons. The molecule has 1 aromatic heterocycles. The number of hydrogen-bond donors (Lipinski definition) is 1. The van der Waals surface area contributed by atoms with Gasteiger partial charge in [0.15, 0.2) is 0 Å². The van der Waals surface area contributed by atoms with Gasteiger partial charge in [-0.05, 0) is 16.6 Å². The van der Waals surface area contributed by atoms with Crippen molar-refractivity contribution < 1.29 is 10.0 Å².